The summed E-state index contributed by atoms with van der Waals surface area (Å²) in [5.41, 5.74) is 1.83. The Morgan fingerprint density at radius 2 is 1.75 bits per heavy atom. The van der Waals surface area contributed by atoms with Crippen LogP contribution in [-0.4, -0.2) is 27.2 Å². The highest BCUT2D eigenvalue weighted by Crippen LogP contribution is 2.17. The van der Waals surface area contributed by atoms with Crippen LogP contribution in [0.25, 0.3) is 0 Å². The summed E-state index contributed by atoms with van der Waals surface area (Å²) in [7, 11) is -1.89. The molecule has 6 heteroatoms. The third kappa shape index (κ3) is 4.83. The number of nitrogens with one attached hydrogen (secondary N) is 1. The third-order valence-electron chi connectivity index (χ3n) is 3.65. The number of benzene rings is 2. The monoisotopic (exact) mass is 347 g/mol. The lowest BCUT2D eigenvalue weighted by Crippen LogP contribution is -2.25. The van der Waals surface area contributed by atoms with Crippen molar-refractivity contribution in [3.63, 3.8) is 0 Å². The highest BCUT2D eigenvalue weighted by Gasteiger charge is 2.16. The zero-order valence-electron chi connectivity index (χ0n) is 13.8. The topological polar surface area (TPSA) is 72.5 Å². The molecule has 0 aliphatic carbocycles. The minimum atomic E-state index is -3.45. The van der Waals surface area contributed by atoms with Crippen molar-refractivity contribution < 1.29 is 17.9 Å². The van der Waals surface area contributed by atoms with Crippen molar-refractivity contribution in [3.05, 3.63) is 59.7 Å². The fourth-order valence-corrected chi connectivity index (χ4v) is 3.46. The molecule has 0 aromatic heterocycles. The number of sulfone groups is 1. The quantitative estimate of drug-likeness (QED) is 0.835. The van der Waals surface area contributed by atoms with Crippen LogP contribution in [0.4, 0.5) is 0 Å². The van der Waals surface area contributed by atoms with Gasteiger partial charge < -0.3 is 10.1 Å². The molecule has 24 heavy (non-hydrogen) atoms. The molecule has 0 saturated carbocycles. The second-order valence-corrected chi connectivity index (χ2v) is 7.58. The van der Waals surface area contributed by atoms with Gasteiger partial charge in [-0.3, -0.25) is 4.79 Å². The number of aryl methyl sites for hydroxylation is 1. The van der Waals surface area contributed by atoms with Crippen molar-refractivity contribution in [1.82, 2.24) is 5.32 Å². The van der Waals surface area contributed by atoms with Crippen LogP contribution in [0.3, 0.4) is 0 Å². The summed E-state index contributed by atoms with van der Waals surface area (Å²) in [6.07, 6.45) is -0.0780. The Morgan fingerprint density at radius 3 is 2.42 bits per heavy atom. The lowest BCUT2D eigenvalue weighted by molar-refractivity contribution is -0.120. The maximum atomic E-state index is 12.2. The molecule has 1 amide bonds. The van der Waals surface area contributed by atoms with Crippen LogP contribution in [0, 0.1) is 6.92 Å². The second kappa shape index (κ2) is 7.97. The Morgan fingerprint density at radius 1 is 1.08 bits per heavy atom. The first-order valence-electron chi connectivity index (χ1n) is 7.60. The van der Waals surface area contributed by atoms with Gasteiger partial charge in [-0.15, -0.1) is 0 Å². The summed E-state index contributed by atoms with van der Waals surface area (Å²) in [6.45, 7) is 2.19. The summed E-state index contributed by atoms with van der Waals surface area (Å²) in [5.74, 6) is 0.162. The van der Waals surface area contributed by atoms with Crippen molar-refractivity contribution >= 4 is 15.7 Å². The molecular weight excluding hydrogens is 326 g/mol. The SMILES string of the molecule is COc1ccccc1CNC(=O)CCS(=O)(=O)c1ccc(C)cc1. The first-order chi connectivity index (χ1) is 11.4. The van der Waals surface area contributed by atoms with E-state index in [2.05, 4.69) is 5.32 Å². The van der Waals surface area contributed by atoms with Gasteiger partial charge in [0.25, 0.3) is 0 Å². The first-order valence-corrected chi connectivity index (χ1v) is 9.25. The van der Waals surface area contributed by atoms with Gasteiger partial charge >= 0.3 is 0 Å². The van der Waals surface area contributed by atoms with Gasteiger partial charge in [0.1, 0.15) is 5.75 Å². The predicted molar refractivity (Wildman–Crippen MR) is 92.7 cm³/mol. The highest BCUT2D eigenvalue weighted by molar-refractivity contribution is 7.91. The molecule has 5 nitrogen and oxygen atoms in total. The molecule has 1 N–H and O–H groups in total. The summed E-state index contributed by atoms with van der Waals surface area (Å²) in [4.78, 5) is 12.2. The van der Waals surface area contributed by atoms with Crippen molar-refractivity contribution in [2.45, 2.75) is 24.8 Å². The van der Waals surface area contributed by atoms with E-state index in [1.165, 1.54) is 0 Å². The maximum absolute atomic E-state index is 12.2. The van der Waals surface area contributed by atoms with Gasteiger partial charge in [0.15, 0.2) is 9.84 Å². The summed E-state index contributed by atoms with van der Waals surface area (Å²) in [5, 5.41) is 2.72. The van der Waals surface area contributed by atoms with E-state index in [0.29, 0.717) is 12.3 Å². The Labute approximate surface area is 142 Å². The number of hydrogen-bond donors (Lipinski definition) is 1. The molecule has 2 aromatic rings. The molecule has 0 saturated heterocycles. The Hall–Kier alpha value is -2.34. The molecule has 0 radical (unpaired) electrons. The number of carbonyl (C=O) groups excluding carboxylic acids is 1. The van der Waals surface area contributed by atoms with Gasteiger partial charge in [-0.05, 0) is 25.1 Å². The molecule has 0 aliphatic heterocycles. The molecule has 0 atom stereocenters. The van der Waals surface area contributed by atoms with Crippen molar-refractivity contribution in [1.29, 1.82) is 0 Å². The standard InChI is InChI=1S/C18H21NO4S/c1-14-7-9-16(10-8-14)24(21,22)12-11-18(20)19-13-15-5-3-4-6-17(15)23-2/h3-10H,11-13H2,1-2H3,(H,19,20). The molecule has 128 valence electrons. The first kappa shape index (κ1) is 18.0. The van der Waals surface area contributed by atoms with Crippen LogP contribution in [0.1, 0.15) is 17.5 Å². The average molecular weight is 347 g/mol. The van der Waals surface area contributed by atoms with E-state index in [1.807, 2.05) is 31.2 Å². The summed E-state index contributed by atoms with van der Waals surface area (Å²) >= 11 is 0. The summed E-state index contributed by atoms with van der Waals surface area (Å²) in [6, 6.07) is 14.0. The lowest BCUT2D eigenvalue weighted by atomic mass is 10.2. The predicted octanol–water partition coefficient (Wildman–Crippen LogP) is 2.48. The molecule has 0 heterocycles. The number of amides is 1. The number of hydrogen-bond acceptors (Lipinski definition) is 4. The number of rotatable bonds is 7. The van der Waals surface area contributed by atoms with E-state index < -0.39 is 9.84 Å². The molecule has 0 fully saturated rings. The second-order valence-electron chi connectivity index (χ2n) is 5.47. The minimum absolute atomic E-state index is 0.0780. The largest absolute Gasteiger partial charge is 0.496 e. The molecular formula is C18H21NO4S. The van der Waals surface area contributed by atoms with E-state index in [-0.39, 0.29) is 23.0 Å². The molecule has 0 aliphatic rings. The van der Waals surface area contributed by atoms with E-state index in [1.54, 1.807) is 31.4 Å². The van der Waals surface area contributed by atoms with Crippen LogP contribution >= 0.6 is 0 Å². The van der Waals surface area contributed by atoms with Crippen LogP contribution in [0.15, 0.2) is 53.4 Å². The number of para-hydroxylation sites is 1. The molecule has 0 bridgehead atoms. The van der Waals surface area contributed by atoms with E-state index in [4.69, 9.17) is 4.74 Å². The van der Waals surface area contributed by atoms with Crippen LogP contribution in [0.2, 0.25) is 0 Å². The van der Waals surface area contributed by atoms with E-state index in [9.17, 15) is 13.2 Å². The number of carbonyl (C=O) groups is 1. The Bertz CT molecular complexity index is 798. The zero-order chi connectivity index (χ0) is 17.6. The smallest absolute Gasteiger partial charge is 0.221 e. The van der Waals surface area contributed by atoms with Crippen LogP contribution in [0.5, 0.6) is 5.75 Å². The maximum Gasteiger partial charge on any atom is 0.221 e. The van der Waals surface area contributed by atoms with E-state index in [0.717, 1.165) is 11.1 Å². The highest BCUT2D eigenvalue weighted by atomic mass is 32.2. The number of ether oxygens (including phenoxy) is 1. The Kier molecular flexibility index (Phi) is 5.98. The van der Waals surface area contributed by atoms with Gasteiger partial charge in [0.05, 0.1) is 17.8 Å². The van der Waals surface area contributed by atoms with Gasteiger partial charge in [-0.25, -0.2) is 8.42 Å². The fourth-order valence-electron chi connectivity index (χ4n) is 2.22. The minimum Gasteiger partial charge on any atom is -0.496 e. The average Bonchev–Trinajstić information content (AvgIpc) is 2.59. The van der Waals surface area contributed by atoms with Gasteiger partial charge in [0, 0.05) is 18.5 Å². The van der Waals surface area contributed by atoms with Gasteiger partial charge in [0.2, 0.25) is 5.91 Å². The molecule has 0 unspecified atom stereocenters. The third-order valence-corrected chi connectivity index (χ3v) is 5.38. The molecule has 0 spiro atoms. The molecule has 2 aromatic carbocycles. The lowest BCUT2D eigenvalue weighted by Gasteiger charge is -2.10. The van der Waals surface area contributed by atoms with Crippen molar-refractivity contribution in [2.75, 3.05) is 12.9 Å². The Balaban J connectivity index is 1.90. The molecule has 2 rings (SSSR count). The number of methoxy groups -OCH3 is 1. The normalized spacial score (nSPS) is 11.1. The van der Waals surface area contributed by atoms with Gasteiger partial charge in [-0.1, -0.05) is 35.9 Å². The van der Waals surface area contributed by atoms with Crippen LogP contribution in [-0.2, 0) is 21.2 Å². The summed E-state index contributed by atoms with van der Waals surface area (Å²) < 4.78 is 29.7. The van der Waals surface area contributed by atoms with Crippen molar-refractivity contribution in [3.8, 4) is 5.75 Å². The van der Waals surface area contributed by atoms with E-state index >= 15 is 0 Å². The van der Waals surface area contributed by atoms with Crippen LogP contribution < -0.4 is 10.1 Å². The van der Waals surface area contributed by atoms with Gasteiger partial charge in [-0.2, -0.15) is 0 Å². The van der Waals surface area contributed by atoms with Crippen molar-refractivity contribution in [2.24, 2.45) is 0 Å². The fraction of sp³-hybridized carbons (Fsp3) is 0.278. The zero-order valence-corrected chi connectivity index (χ0v) is 14.6.